The van der Waals surface area contributed by atoms with E-state index in [0.717, 1.165) is 27.4 Å². The molecule has 0 heterocycles. The molecule has 1 aromatic carbocycles. The van der Waals surface area contributed by atoms with Crippen LogP contribution < -0.4 is 4.90 Å². The molecule has 1 unspecified atom stereocenters. The highest BCUT2D eigenvalue weighted by Gasteiger charge is 2.30. The molecule has 0 aliphatic rings. The number of rotatable bonds is 6. The summed E-state index contributed by atoms with van der Waals surface area (Å²) in [6.07, 6.45) is 0.356. The summed E-state index contributed by atoms with van der Waals surface area (Å²) >= 11 is 4.38. The van der Waals surface area contributed by atoms with E-state index < -0.39 is 17.9 Å². The molecule has 1 aromatic rings. The van der Waals surface area contributed by atoms with Gasteiger partial charge in [-0.2, -0.15) is 0 Å². The van der Waals surface area contributed by atoms with E-state index in [-0.39, 0.29) is 16.3 Å². The summed E-state index contributed by atoms with van der Waals surface area (Å²) in [6.45, 7) is 11.0. The van der Waals surface area contributed by atoms with E-state index in [2.05, 4.69) is 15.9 Å². The van der Waals surface area contributed by atoms with Crippen LogP contribution in [0, 0.1) is 19.3 Å². The van der Waals surface area contributed by atoms with Crippen LogP contribution in [0.25, 0.3) is 0 Å². The fourth-order valence-electron chi connectivity index (χ4n) is 2.52. The Morgan fingerprint density at radius 3 is 2.31 bits per heavy atom. The van der Waals surface area contributed by atoms with Crippen molar-refractivity contribution in [1.82, 2.24) is 0 Å². The van der Waals surface area contributed by atoms with Gasteiger partial charge in [0.1, 0.15) is 6.04 Å². The maximum Gasteiger partial charge on any atom is 0.326 e. The monoisotopic (exact) mass is 443 g/mol. The molecular formula is C19H26BrNO4S. The molecule has 1 N–H and O–H groups in total. The lowest BCUT2D eigenvalue weighted by atomic mass is 9.93. The van der Waals surface area contributed by atoms with E-state index >= 15 is 0 Å². The predicted molar refractivity (Wildman–Crippen MR) is 110 cm³/mol. The number of amides is 1. The van der Waals surface area contributed by atoms with E-state index in [1.54, 1.807) is 0 Å². The molecule has 0 spiro atoms. The van der Waals surface area contributed by atoms with Gasteiger partial charge in [-0.05, 0) is 43.4 Å². The summed E-state index contributed by atoms with van der Waals surface area (Å²) in [4.78, 5) is 37.8. The van der Waals surface area contributed by atoms with Gasteiger partial charge in [-0.1, -0.05) is 54.5 Å². The molecule has 0 aliphatic carbocycles. The van der Waals surface area contributed by atoms with Crippen LogP contribution >= 0.6 is 27.7 Å². The van der Waals surface area contributed by atoms with E-state index in [1.807, 2.05) is 46.8 Å². The summed E-state index contributed by atoms with van der Waals surface area (Å²) < 4.78 is 0.796. The smallest absolute Gasteiger partial charge is 0.326 e. The molecule has 0 bridgehead atoms. The summed E-state index contributed by atoms with van der Waals surface area (Å²) in [5, 5.41) is 9.39. The quantitative estimate of drug-likeness (QED) is 0.696. The van der Waals surface area contributed by atoms with Crippen molar-refractivity contribution in [2.75, 3.05) is 10.7 Å². The number of carbonyl (C=O) groups is 3. The van der Waals surface area contributed by atoms with Crippen LogP contribution in [0.4, 0.5) is 5.69 Å². The average Bonchev–Trinajstić information content (AvgIpc) is 2.50. The number of halogens is 1. The molecule has 7 heteroatoms. The van der Waals surface area contributed by atoms with Crippen LogP contribution in [0.3, 0.4) is 0 Å². The zero-order chi connectivity index (χ0) is 20.2. The number of hydrogen-bond donors (Lipinski definition) is 1. The lowest BCUT2D eigenvalue weighted by molar-refractivity contribution is -0.139. The van der Waals surface area contributed by atoms with Gasteiger partial charge < -0.3 is 5.11 Å². The molecule has 1 rings (SSSR count). The minimum atomic E-state index is -1.09. The zero-order valence-electron chi connectivity index (χ0n) is 16.1. The maximum atomic E-state index is 12.8. The molecule has 0 saturated carbocycles. The summed E-state index contributed by atoms with van der Waals surface area (Å²) in [6, 6.07) is 2.66. The Hall–Kier alpha value is -1.34. The van der Waals surface area contributed by atoms with Crippen molar-refractivity contribution < 1.29 is 19.5 Å². The number of aryl methyl sites for hydroxylation is 1. The maximum absolute atomic E-state index is 12.8. The molecule has 0 radical (unpaired) electrons. The highest BCUT2D eigenvalue weighted by molar-refractivity contribution is 9.10. The molecule has 1 amide bonds. The Balaban J connectivity index is 3.13. The lowest BCUT2D eigenvalue weighted by Gasteiger charge is -2.30. The van der Waals surface area contributed by atoms with Crippen LogP contribution in [0.2, 0.25) is 0 Å². The topological polar surface area (TPSA) is 74.7 Å². The van der Waals surface area contributed by atoms with Crippen molar-refractivity contribution in [3.63, 3.8) is 0 Å². The molecule has 0 saturated heterocycles. The van der Waals surface area contributed by atoms with E-state index in [1.165, 1.54) is 11.8 Å². The Kier molecular flexibility index (Phi) is 7.89. The molecule has 0 fully saturated rings. The van der Waals surface area contributed by atoms with E-state index in [9.17, 15) is 19.5 Å². The van der Waals surface area contributed by atoms with Crippen LogP contribution in [-0.4, -0.2) is 33.9 Å². The number of thioether (sulfide) groups is 1. The first-order valence-corrected chi connectivity index (χ1v) is 10.1. The largest absolute Gasteiger partial charge is 0.480 e. The van der Waals surface area contributed by atoms with Crippen molar-refractivity contribution >= 4 is 50.4 Å². The number of carbonyl (C=O) groups excluding carboxylic acids is 2. The van der Waals surface area contributed by atoms with Gasteiger partial charge in [-0.15, -0.1) is 0 Å². The predicted octanol–water partition coefficient (Wildman–Crippen LogP) is 4.57. The number of carboxylic acids is 1. The normalized spacial score (nSPS) is 12.6. The Labute approximate surface area is 167 Å². The van der Waals surface area contributed by atoms with Gasteiger partial charge in [0.25, 0.3) is 0 Å². The van der Waals surface area contributed by atoms with Gasteiger partial charge in [-0.25, -0.2) is 4.79 Å². The third-order valence-electron chi connectivity index (χ3n) is 3.85. The van der Waals surface area contributed by atoms with Crippen LogP contribution in [0.1, 0.15) is 45.2 Å². The first-order chi connectivity index (χ1) is 11.8. The highest BCUT2D eigenvalue weighted by Crippen LogP contribution is 2.33. The van der Waals surface area contributed by atoms with Crippen LogP contribution in [-0.2, 0) is 14.4 Å². The van der Waals surface area contributed by atoms with Crippen molar-refractivity contribution in [2.24, 2.45) is 5.41 Å². The zero-order valence-corrected chi connectivity index (χ0v) is 18.5. The lowest BCUT2D eigenvalue weighted by Crippen LogP contribution is -2.45. The number of aliphatic carboxylic acids is 1. The van der Waals surface area contributed by atoms with E-state index in [4.69, 9.17) is 0 Å². The van der Waals surface area contributed by atoms with Crippen LogP contribution in [0.15, 0.2) is 16.6 Å². The second kappa shape index (κ2) is 9.04. The van der Waals surface area contributed by atoms with Gasteiger partial charge in [0.05, 0.1) is 11.4 Å². The van der Waals surface area contributed by atoms with E-state index in [0.29, 0.717) is 12.1 Å². The molecule has 26 heavy (non-hydrogen) atoms. The third-order valence-corrected chi connectivity index (χ3v) is 5.57. The number of benzene rings is 1. The highest BCUT2D eigenvalue weighted by atomic mass is 79.9. The Morgan fingerprint density at radius 2 is 1.81 bits per heavy atom. The van der Waals surface area contributed by atoms with Crippen LogP contribution in [0.5, 0.6) is 0 Å². The average molecular weight is 444 g/mol. The number of carboxylic acid groups (broad SMARTS) is 1. The second-order valence-electron chi connectivity index (χ2n) is 7.51. The van der Waals surface area contributed by atoms with Crippen molar-refractivity contribution in [1.29, 1.82) is 0 Å². The minimum absolute atomic E-state index is 0.0727. The number of nitrogens with zero attached hydrogens (tertiary/aromatic N) is 1. The molecule has 144 valence electrons. The molecular weight excluding hydrogens is 418 g/mol. The Morgan fingerprint density at radius 1 is 1.23 bits per heavy atom. The summed E-state index contributed by atoms with van der Waals surface area (Å²) in [5.74, 6) is -1.57. The van der Waals surface area contributed by atoms with Gasteiger partial charge in [-0.3, -0.25) is 14.5 Å². The fourth-order valence-corrected chi connectivity index (χ4v) is 3.80. The van der Waals surface area contributed by atoms with Gasteiger partial charge >= 0.3 is 5.97 Å². The fraction of sp³-hybridized carbons (Fsp3) is 0.526. The van der Waals surface area contributed by atoms with Crippen molar-refractivity contribution in [3.8, 4) is 0 Å². The third kappa shape index (κ3) is 6.13. The second-order valence-corrected chi connectivity index (χ2v) is 9.40. The molecule has 1 atom stereocenters. The summed E-state index contributed by atoms with van der Waals surface area (Å²) in [5.41, 5.74) is 2.01. The molecule has 0 aliphatic heterocycles. The summed E-state index contributed by atoms with van der Waals surface area (Å²) in [7, 11) is 0. The number of anilines is 1. The first kappa shape index (κ1) is 22.7. The molecule has 5 nitrogen and oxygen atoms in total. The van der Waals surface area contributed by atoms with Crippen molar-refractivity contribution in [2.45, 2.75) is 54.0 Å². The molecule has 0 aromatic heterocycles. The SMILES string of the molecule is Cc1ccc(Br)c(C)c1N(C(=O)CSC(=O)CC(C)(C)C)C(C)C(=O)O. The Bertz CT molecular complexity index is 712. The van der Waals surface area contributed by atoms with Gasteiger partial charge in [0.15, 0.2) is 5.12 Å². The van der Waals surface area contributed by atoms with Gasteiger partial charge in [0, 0.05) is 10.9 Å². The van der Waals surface area contributed by atoms with Crippen molar-refractivity contribution in [3.05, 3.63) is 27.7 Å². The number of hydrogen-bond acceptors (Lipinski definition) is 4. The van der Waals surface area contributed by atoms with Gasteiger partial charge in [0.2, 0.25) is 5.91 Å². The minimum Gasteiger partial charge on any atom is -0.480 e. The first-order valence-electron chi connectivity index (χ1n) is 8.31. The standard InChI is InChI=1S/C19H26BrNO4S/c1-11-7-8-14(20)12(2)17(11)21(13(3)18(24)25)15(22)10-26-16(23)9-19(4,5)6/h7-8,13H,9-10H2,1-6H3,(H,24,25).